The van der Waals surface area contributed by atoms with Crippen molar-refractivity contribution in [2.75, 3.05) is 0 Å². The van der Waals surface area contributed by atoms with E-state index in [0.717, 1.165) is 31.4 Å². The highest BCUT2D eigenvalue weighted by Crippen LogP contribution is 2.25. The number of carboxylic acids is 1. The minimum Gasteiger partial charge on any atom is -0.478 e. The summed E-state index contributed by atoms with van der Waals surface area (Å²) in [7, 11) is 0. The van der Waals surface area contributed by atoms with Gasteiger partial charge in [0.1, 0.15) is 0 Å². The van der Waals surface area contributed by atoms with Crippen LogP contribution in [-0.4, -0.2) is 28.1 Å². The van der Waals surface area contributed by atoms with E-state index < -0.39 is 5.97 Å². The van der Waals surface area contributed by atoms with Crippen molar-refractivity contribution in [2.24, 2.45) is 11.5 Å². The van der Waals surface area contributed by atoms with Gasteiger partial charge < -0.3 is 16.6 Å². The summed E-state index contributed by atoms with van der Waals surface area (Å²) in [6.45, 7) is 4.12. The van der Waals surface area contributed by atoms with E-state index in [9.17, 15) is 4.79 Å². The number of nitrogens with zero attached hydrogens (tertiary/aromatic N) is 1. The standard InChI is InChI=1S/C15H25N3O2/c1-3-12(16)7-11(8-13(17)4-2)14-6-5-10(9-18-14)15(19)20/h5-6,9,11-13H,3-4,7-8,16-17H2,1-2H3,(H,19,20). The van der Waals surface area contributed by atoms with E-state index in [0.29, 0.717) is 0 Å². The van der Waals surface area contributed by atoms with Gasteiger partial charge in [-0.1, -0.05) is 13.8 Å². The Morgan fingerprint density at radius 1 is 1.20 bits per heavy atom. The van der Waals surface area contributed by atoms with Crippen LogP contribution in [-0.2, 0) is 0 Å². The van der Waals surface area contributed by atoms with Crippen molar-refractivity contribution >= 4 is 5.97 Å². The van der Waals surface area contributed by atoms with Crippen LogP contribution in [0.25, 0.3) is 0 Å². The lowest BCUT2D eigenvalue weighted by atomic mass is 9.88. The molecule has 5 N–H and O–H groups in total. The Morgan fingerprint density at radius 3 is 2.10 bits per heavy atom. The molecule has 0 aliphatic rings. The van der Waals surface area contributed by atoms with Gasteiger partial charge in [-0.05, 0) is 37.8 Å². The predicted molar refractivity (Wildman–Crippen MR) is 79.7 cm³/mol. The summed E-state index contributed by atoms with van der Waals surface area (Å²) < 4.78 is 0. The van der Waals surface area contributed by atoms with Crippen molar-refractivity contribution in [1.82, 2.24) is 4.98 Å². The topological polar surface area (TPSA) is 102 Å². The second kappa shape index (κ2) is 7.97. The van der Waals surface area contributed by atoms with E-state index >= 15 is 0 Å². The molecule has 1 aromatic rings. The zero-order valence-corrected chi connectivity index (χ0v) is 12.2. The van der Waals surface area contributed by atoms with Crippen molar-refractivity contribution in [2.45, 2.75) is 57.5 Å². The third-order valence-electron chi connectivity index (χ3n) is 3.67. The average molecular weight is 279 g/mol. The fourth-order valence-electron chi connectivity index (χ4n) is 2.18. The van der Waals surface area contributed by atoms with Crippen LogP contribution >= 0.6 is 0 Å². The summed E-state index contributed by atoms with van der Waals surface area (Å²) in [5.41, 5.74) is 13.2. The highest BCUT2D eigenvalue weighted by Gasteiger charge is 2.19. The Kier molecular flexibility index (Phi) is 6.61. The maximum Gasteiger partial charge on any atom is 0.337 e. The molecule has 5 heteroatoms. The number of aromatic carboxylic acids is 1. The molecule has 2 unspecified atom stereocenters. The molecule has 0 radical (unpaired) electrons. The van der Waals surface area contributed by atoms with E-state index in [2.05, 4.69) is 18.8 Å². The van der Waals surface area contributed by atoms with Crippen LogP contribution in [0, 0.1) is 0 Å². The molecule has 0 aliphatic carbocycles. The predicted octanol–water partition coefficient (Wildman–Crippen LogP) is 2.12. The zero-order chi connectivity index (χ0) is 15.1. The van der Waals surface area contributed by atoms with Gasteiger partial charge >= 0.3 is 5.97 Å². The van der Waals surface area contributed by atoms with E-state index in [1.54, 1.807) is 12.1 Å². The number of hydrogen-bond donors (Lipinski definition) is 3. The molecule has 2 atom stereocenters. The van der Waals surface area contributed by atoms with Gasteiger partial charge in [-0.25, -0.2) is 4.79 Å². The Morgan fingerprint density at radius 2 is 1.75 bits per heavy atom. The molecule has 0 saturated carbocycles. The van der Waals surface area contributed by atoms with E-state index in [-0.39, 0.29) is 23.6 Å². The second-order valence-corrected chi connectivity index (χ2v) is 5.28. The van der Waals surface area contributed by atoms with Crippen LogP contribution in [0.5, 0.6) is 0 Å². The first kappa shape index (κ1) is 16.6. The van der Waals surface area contributed by atoms with Gasteiger partial charge in [-0.15, -0.1) is 0 Å². The number of carbonyl (C=O) groups is 1. The largest absolute Gasteiger partial charge is 0.478 e. The highest BCUT2D eigenvalue weighted by molar-refractivity contribution is 5.87. The molecule has 0 bridgehead atoms. The first-order valence-electron chi connectivity index (χ1n) is 7.18. The molecular weight excluding hydrogens is 254 g/mol. The summed E-state index contributed by atoms with van der Waals surface area (Å²) in [6, 6.07) is 3.60. The minimum atomic E-state index is -0.962. The molecule has 0 spiro atoms. The van der Waals surface area contributed by atoms with Crippen molar-refractivity contribution in [3.05, 3.63) is 29.6 Å². The molecule has 0 saturated heterocycles. The molecule has 1 aromatic heterocycles. The van der Waals surface area contributed by atoms with Crippen molar-refractivity contribution in [1.29, 1.82) is 0 Å². The lowest BCUT2D eigenvalue weighted by molar-refractivity contribution is 0.0696. The average Bonchev–Trinajstić information content (AvgIpc) is 2.46. The van der Waals surface area contributed by atoms with Crippen molar-refractivity contribution in [3.63, 3.8) is 0 Å². The van der Waals surface area contributed by atoms with Gasteiger partial charge in [-0.3, -0.25) is 4.98 Å². The lowest BCUT2D eigenvalue weighted by Gasteiger charge is -2.22. The maximum atomic E-state index is 10.9. The maximum absolute atomic E-state index is 10.9. The number of hydrogen-bond acceptors (Lipinski definition) is 4. The fraction of sp³-hybridized carbons (Fsp3) is 0.600. The van der Waals surface area contributed by atoms with Gasteiger partial charge in [0.2, 0.25) is 0 Å². The molecule has 0 aliphatic heterocycles. The Hall–Kier alpha value is -1.46. The SMILES string of the molecule is CCC(N)CC(CC(N)CC)c1ccc(C(=O)O)cn1. The summed E-state index contributed by atoms with van der Waals surface area (Å²) in [4.78, 5) is 15.1. The molecule has 5 nitrogen and oxygen atoms in total. The summed E-state index contributed by atoms with van der Waals surface area (Å²) in [5.74, 6) is -0.779. The number of nitrogens with two attached hydrogens (primary N) is 2. The quantitative estimate of drug-likeness (QED) is 0.676. The molecule has 0 fully saturated rings. The third kappa shape index (κ3) is 4.90. The highest BCUT2D eigenvalue weighted by atomic mass is 16.4. The van der Waals surface area contributed by atoms with Crippen LogP contribution in [0.3, 0.4) is 0 Å². The monoisotopic (exact) mass is 279 g/mol. The third-order valence-corrected chi connectivity index (χ3v) is 3.67. The summed E-state index contributed by atoms with van der Waals surface area (Å²) in [5, 5.41) is 8.90. The molecule has 0 amide bonds. The Balaban J connectivity index is 2.87. The summed E-state index contributed by atoms with van der Waals surface area (Å²) in [6.07, 6.45) is 4.86. The van der Waals surface area contributed by atoms with Gasteiger partial charge in [0.05, 0.1) is 5.56 Å². The van der Waals surface area contributed by atoms with Gasteiger partial charge in [0.25, 0.3) is 0 Å². The first-order valence-corrected chi connectivity index (χ1v) is 7.18. The van der Waals surface area contributed by atoms with Crippen molar-refractivity contribution in [3.8, 4) is 0 Å². The van der Waals surface area contributed by atoms with Crippen LogP contribution in [0.1, 0.15) is 61.5 Å². The molecule has 0 aromatic carbocycles. The molecule has 112 valence electrons. The first-order chi connectivity index (χ1) is 9.47. The Labute approximate surface area is 120 Å². The van der Waals surface area contributed by atoms with Crippen LogP contribution < -0.4 is 11.5 Å². The van der Waals surface area contributed by atoms with Gasteiger partial charge in [0, 0.05) is 29.9 Å². The fourth-order valence-corrected chi connectivity index (χ4v) is 2.18. The second-order valence-electron chi connectivity index (χ2n) is 5.28. The normalized spacial score (nSPS) is 15.6. The van der Waals surface area contributed by atoms with Gasteiger partial charge in [-0.2, -0.15) is 0 Å². The van der Waals surface area contributed by atoms with Crippen molar-refractivity contribution < 1.29 is 9.90 Å². The van der Waals surface area contributed by atoms with E-state index in [4.69, 9.17) is 16.6 Å². The van der Waals surface area contributed by atoms with E-state index in [1.807, 2.05) is 0 Å². The number of pyridine rings is 1. The molecule has 1 heterocycles. The molecule has 20 heavy (non-hydrogen) atoms. The van der Waals surface area contributed by atoms with Crippen LogP contribution in [0.4, 0.5) is 0 Å². The van der Waals surface area contributed by atoms with E-state index in [1.165, 1.54) is 6.20 Å². The molecule has 1 rings (SSSR count). The molecular formula is C15H25N3O2. The van der Waals surface area contributed by atoms with Crippen LogP contribution in [0.2, 0.25) is 0 Å². The smallest absolute Gasteiger partial charge is 0.337 e. The zero-order valence-electron chi connectivity index (χ0n) is 12.2. The number of carboxylic acid groups (broad SMARTS) is 1. The minimum absolute atomic E-state index is 0.116. The van der Waals surface area contributed by atoms with Crippen LogP contribution in [0.15, 0.2) is 18.3 Å². The number of rotatable bonds is 8. The van der Waals surface area contributed by atoms with Gasteiger partial charge in [0.15, 0.2) is 0 Å². The number of aromatic nitrogens is 1. The lowest BCUT2D eigenvalue weighted by Crippen LogP contribution is -2.27. The summed E-state index contributed by atoms with van der Waals surface area (Å²) >= 11 is 0. The Bertz CT molecular complexity index is 408.